The van der Waals surface area contributed by atoms with Crippen molar-refractivity contribution in [2.45, 2.75) is 73.0 Å². The predicted molar refractivity (Wildman–Crippen MR) is 125 cm³/mol. The number of carbonyl (C=O) groups excluding carboxylic acids is 1. The maximum absolute atomic E-state index is 12.0. The van der Waals surface area contributed by atoms with Crippen LogP contribution in [0.25, 0.3) is 0 Å². The van der Waals surface area contributed by atoms with Crippen LogP contribution in [0.15, 0.2) is 35.4 Å². The number of hydrogen-bond acceptors (Lipinski definition) is 7. The van der Waals surface area contributed by atoms with Crippen LogP contribution >= 0.6 is 11.3 Å². The summed E-state index contributed by atoms with van der Waals surface area (Å²) in [6, 6.07) is -0.202. The number of carbonyl (C=O) groups is 1. The number of likely N-dealkylation sites (N-methyl/N-ethyl adjacent to an activating group) is 1. The Kier molecular flexibility index (Phi) is 10.0. The van der Waals surface area contributed by atoms with Crippen molar-refractivity contribution in [3.63, 3.8) is 0 Å². The van der Waals surface area contributed by atoms with E-state index >= 15 is 0 Å². The van der Waals surface area contributed by atoms with Gasteiger partial charge in [0.05, 0.1) is 18.8 Å². The minimum absolute atomic E-state index is 0.202. The maximum Gasteiger partial charge on any atom is 0.350 e. The van der Waals surface area contributed by atoms with Gasteiger partial charge in [-0.1, -0.05) is 31.3 Å². The molecule has 0 radical (unpaired) electrons. The number of aliphatic imine (C=N–C) groups is 1. The number of rotatable bonds is 10. The van der Waals surface area contributed by atoms with E-state index in [0.29, 0.717) is 22.5 Å². The quantitative estimate of drug-likeness (QED) is 0.237. The van der Waals surface area contributed by atoms with Gasteiger partial charge in [0.15, 0.2) is 11.0 Å². The van der Waals surface area contributed by atoms with E-state index in [4.69, 9.17) is 14.5 Å². The highest BCUT2D eigenvalue weighted by atomic mass is 32.1. The number of anilines is 1. The van der Waals surface area contributed by atoms with Crippen LogP contribution in [0.3, 0.4) is 0 Å². The molecule has 1 rings (SSSR count). The van der Waals surface area contributed by atoms with Crippen LogP contribution in [-0.4, -0.2) is 42.1 Å². The highest BCUT2D eigenvalue weighted by Crippen LogP contribution is 2.24. The lowest BCUT2D eigenvalue weighted by Gasteiger charge is -2.29. The van der Waals surface area contributed by atoms with Gasteiger partial charge in [0.25, 0.3) is 0 Å². The summed E-state index contributed by atoms with van der Waals surface area (Å²) < 4.78 is 10.9. The molecule has 0 saturated carbocycles. The van der Waals surface area contributed by atoms with Crippen LogP contribution in [-0.2, 0) is 9.47 Å². The fourth-order valence-corrected chi connectivity index (χ4v) is 3.41. The van der Waals surface area contributed by atoms with Crippen LogP contribution in [0.5, 0.6) is 0 Å². The number of thiazole rings is 1. The smallest absolute Gasteiger partial charge is 0.350 e. The van der Waals surface area contributed by atoms with Gasteiger partial charge in [0.2, 0.25) is 0 Å². The molecule has 168 valence electrons. The van der Waals surface area contributed by atoms with E-state index in [2.05, 4.69) is 36.8 Å². The molecule has 7 nitrogen and oxygen atoms in total. The summed E-state index contributed by atoms with van der Waals surface area (Å²) >= 11 is 1.27. The number of allylic oxidation sites excluding steroid dienone is 2. The van der Waals surface area contributed by atoms with E-state index in [1.165, 1.54) is 17.5 Å². The first-order chi connectivity index (χ1) is 14.0. The van der Waals surface area contributed by atoms with Crippen molar-refractivity contribution in [1.82, 2.24) is 10.3 Å². The van der Waals surface area contributed by atoms with Crippen molar-refractivity contribution >= 4 is 28.3 Å². The molecule has 8 heteroatoms. The topological polar surface area (TPSA) is 76.1 Å². The van der Waals surface area contributed by atoms with E-state index < -0.39 is 0 Å². The van der Waals surface area contributed by atoms with Gasteiger partial charge < -0.3 is 19.7 Å². The largest absolute Gasteiger partial charge is 0.474 e. The number of nitrogens with zero attached hydrogens (tertiary/aromatic N) is 3. The fourth-order valence-electron chi connectivity index (χ4n) is 2.63. The Bertz CT molecular complexity index is 778. The Morgan fingerprint density at radius 2 is 2.07 bits per heavy atom. The van der Waals surface area contributed by atoms with Crippen molar-refractivity contribution in [2.24, 2.45) is 4.99 Å². The van der Waals surface area contributed by atoms with Gasteiger partial charge in [-0.3, -0.25) is 0 Å². The van der Waals surface area contributed by atoms with Gasteiger partial charge in [-0.2, -0.15) is 0 Å². The second kappa shape index (κ2) is 11.7. The van der Waals surface area contributed by atoms with Crippen molar-refractivity contribution < 1.29 is 14.3 Å². The van der Waals surface area contributed by atoms with E-state index in [-0.39, 0.29) is 17.6 Å². The summed E-state index contributed by atoms with van der Waals surface area (Å²) in [7, 11) is 1.89. The van der Waals surface area contributed by atoms with Crippen LogP contribution in [0.4, 0.5) is 5.13 Å². The van der Waals surface area contributed by atoms with Gasteiger partial charge in [-0.15, -0.1) is 0 Å². The Balaban J connectivity index is 3.20. The normalized spacial score (nSPS) is 13.6. The molecule has 0 aliphatic carbocycles. The molecule has 1 unspecified atom stereocenters. The first-order valence-corrected chi connectivity index (χ1v) is 11.1. The summed E-state index contributed by atoms with van der Waals surface area (Å²) in [4.78, 5) is 23.7. The Morgan fingerprint density at radius 3 is 2.60 bits per heavy atom. The molecule has 0 aromatic carbocycles. The number of aromatic nitrogens is 1. The zero-order chi connectivity index (χ0) is 22.9. The zero-order valence-corrected chi connectivity index (χ0v) is 20.4. The molecule has 30 heavy (non-hydrogen) atoms. The number of hydrogen-bond donors (Lipinski definition) is 1. The summed E-state index contributed by atoms with van der Waals surface area (Å²) in [5, 5.41) is 3.93. The molecule has 1 aromatic rings. The average Bonchev–Trinajstić information content (AvgIpc) is 3.13. The van der Waals surface area contributed by atoms with Crippen LogP contribution in [0.1, 0.15) is 71.0 Å². The van der Waals surface area contributed by atoms with E-state index in [1.807, 2.05) is 39.6 Å². The molecule has 0 aliphatic heterocycles. The molecule has 0 bridgehead atoms. The van der Waals surface area contributed by atoms with Gasteiger partial charge in [-0.05, 0) is 54.0 Å². The van der Waals surface area contributed by atoms with Crippen molar-refractivity contribution in [3.8, 4) is 0 Å². The SMILES string of the molecule is C=C(NC(C)C(=N/C(=C/CC)CC)N(C)c1ncc(C(=O)OCC)s1)OC(C)(C)C. The molecule has 0 aliphatic rings. The molecular formula is C22H36N4O3S. The van der Waals surface area contributed by atoms with E-state index in [0.717, 1.165) is 24.4 Å². The molecule has 1 N–H and O–H groups in total. The molecule has 0 amide bonds. The lowest BCUT2D eigenvalue weighted by molar-refractivity contribution is 0.0406. The third kappa shape index (κ3) is 8.18. The molecule has 0 fully saturated rings. The minimum Gasteiger partial charge on any atom is -0.474 e. The minimum atomic E-state index is -0.369. The van der Waals surface area contributed by atoms with Crippen molar-refractivity contribution in [2.75, 3.05) is 18.6 Å². The lowest BCUT2D eigenvalue weighted by Crippen LogP contribution is -2.44. The summed E-state index contributed by atoms with van der Waals surface area (Å²) in [6.07, 6.45) is 5.35. The maximum atomic E-state index is 12.0. The summed E-state index contributed by atoms with van der Waals surface area (Å²) in [5.74, 6) is 0.853. The first-order valence-electron chi connectivity index (χ1n) is 10.3. The molecule has 0 spiro atoms. The highest BCUT2D eigenvalue weighted by molar-refractivity contribution is 7.17. The van der Waals surface area contributed by atoms with Gasteiger partial charge in [0, 0.05) is 12.7 Å². The van der Waals surface area contributed by atoms with Gasteiger partial charge in [0.1, 0.15) is 16.3 Å². The van der Waals surface area contributed by atoms with Crippen molar-refractivity contribution in [3.05, 3.63) is 35.3 Å². The monoisotopic (exact) mass is 436 g/mol. The number of esters is 1. The van der Waals surface area contributed by atoms with E-state index in [1.54, 1.807) is 6.92 Å². The standard InChI is InChI=1S/C22H36N4O3S/c1-10-13-17(11-2)25-19(15(4)24-16(5)29-22(6,7)8)26(9)21-23-14-18(30-21)20(27)28-12-3/h13-15,24H,5,10-12H2,1-4,6-9H3/b17-13+,25-19?. The van der Waals surface area contributed by atoms with Crippen molar-refractivity contribution in [1.29, 1.82) is 0 Å². The number of amidine groups is 1. The van der Waals surface area contributed by atoms with Crippen LogP contribution in [0.2, 0.25) is 0 Å². The third-order valence-corrected chi connectivity index (χ3v) is 4.91. The highest BCUT2D eigenvalue weighted by Gasteiger charge is 2.23. The van der Waals surface area contributed by atoms with Gasteiger partial charge in [-0.25, -0.2) is 14.8 Å². The molecule has 1 atom stereocenters. The molecule has 0 saturated heterocycles. The predicted octanol–water partition coefficient (Wildman–Crippen LogP) is 5.12. The number of nitrogens with one attached hydrogen (secondary N) is 1. The average molecular weight is 437 g/mol. The van der Waals surface area contributed by atoms with Gasteiger partial charge >= 0.3 is 5.97 Å². The summed E-state index contributed by atoms with van der Waals surface area (Å²) in [6.45, 7) is 18.1. The second-order valence-corrected chi connectivity index (χ2v) is 8.73. The Hall–Kier alpha value is -2.35. The molecule has 1 aromatic heterocycles. The second-order valence-electron chi connectivity index (χ2n) is 7.72. The number of ether oxygens (including phenoxy) is 2. The zero-order valence-electron chi connectivity index (χ0n) is 19.5. The fraction of sp³-hybridized carbons (Fsp3) is 0.591. The van der Waals surface area contributed by atoms with Crippen LogP contribution in [0, 0.1) is 0 Å². The Morgan fingerprint density at radius 1 is 1.40 bits per heavy atom. The first kappa shape index (κ1) is 25.7. The lowest BCUT2D eigenvalue weighted by atomic mass is 10.2. The van der Waals surface area contributed by atoms with Crippen LogP contribution < -0.4 is 10.2 Å². The Labute approximate surface area is 184 Å². The summed E-state index contributed by atoms with van der Waals surface area (Å²) in [5.41, 5.74) is 0.630. The molecular weight excluding hydrogens is 400 g/mol. The third-order valence-electron chi connectivity index (χ3n) is 3.86. The molecule has 1 heterocycles. The van der Waals surface area contributed by atoms with E-state index in [9.17, 15) is 4.79 Å².